The van der Waals surface area contributed by atoms with Gasteiger partial charge in [0.2, 0.25) is 0 Å². The quantitative estimate of drug-likeness (QED) is 0.157. The Morgan fingerprint density at radius 3 is 1.96 bits per heavy atom. The third-order valence-corrected chi connectivity index (χ3v) is 9.38. The van der Waals surface area contributed by atoms with Crippen LogP contribution < -0.4 is 24.4 Å². The number of thiophene rings is 1. The number of benzene rings is 2. The Morgan fingerprint density at radius 2 is 1.35 bits per heavy atom. The van der Waals surface area contributed by atoms with Gasteiger partial charge in [0.05, 0.1) is 58.8 Å². The van der Waals surface area contributed by atoms with E-state index in [1.165, 1.54) is 18.4 Å². The summed E-state index contributed by atoms with van der Waals surface area (Å²) in [6.45, 7) is 5.36. The number of hydrogen-bond donors (Lipinski definition) is 2. The van der Waals surface area contributed by atoms with E-state index in [0.717, 1.165) is 32.1 Å². The van der Waals surface area contributed by atoms with Gasteiger partial charge in [0.15, 0.2) is 23.0 Å². The highest BCUT2D eigenvalue weighted by Gasteiger charge is 2.33. The molecular weight excluding hydrogens is 656 g/mol. The molecule has 0 atom stereocenters. The molecule has 2 aromatic carbocycles. The molecular formula is C34H42N4O10S. The maximum atomic E-state index is 12.7. The van der Waals surface area contributed by atoms with Crippen LogP contribution in [-0.4, -0.2) is 93.2 Å². The Kier molecular flexibility index (Phi) is 10.8. The predicted molar refractivity (Wildman–Crippen MR) is 184 cm³/mol. The Balaban J connectivity index is 0.000000222. The van der Waals surface area contributed by atoms with E-state index in [1.807, 2.05) is 38.1 Å². The molecule has 0 radical (unpaired) electrons. The molecule has 4 aromatic rings. The Hall–Kier alpha value is -5.02. The molecule has 264 valence electrons. The van der Waals surface area contributed by atoms with Crippen LogP contribution in [0.4, 0.5) is 0 Å². The number of nitrogens with one attached hydrogen (secondary N) is 2. The van der Waals surface area contributed by atoms with E-state index in [-0.39, 0.29) is 44.1 Å². The van der Waals surface area contributed by atoms with Crippen molar-refractivity contribution in [3.63, 3.8) is 0 Å². The van der Waals surface area contributed by atoms with Gasteiger partial charge in [-0.3, -0.25) is 19.2 Å². The SMILES string of the molecule is COC(=O)CCN1Cc2c([nH]c3cc(OC)c(OC)cc23)C1=O.COc1cc2sc3c(c2cc1OC)CN(CCC(=O)ONC(C)C)C3=O.[HH]. The summed E-state index contributed by atoms with van der Waals surface area (Å²) >= 11 is 1.44. The topological polar surface area (TPSA) is 158 Å². The predicted octanol–water partition coefficient (Wildman–Crippen LogP) is 4.67. The molecule has 15 heteroatoms. The van der Waals surface area contributed by atoms with Gasteiger partial charge in [-0.2, -0.15) is 5.48 Å². The zero-order valence-corrected chi connectivity index (χ0v) is 29.3. The summed E-state index contributed by atoms with van der Waals surface area (Å²) in [5.74, 6) is 1.63. The molecule has 0 fully saturated rings. The summed E-state index contributed by atoms with van der Waals surface area (Å²) in [5.41, 5.74) is 5.89. The van der Waals surface area contributed by atoms with Gasteiger partial charge < -0.3 is 43.3 Å². The highest BCUT2D eigenvalue weighted by Crippen LogP contribution is 2.43. The number of carbonyl (C=O) groups excluding carboxylic acids is 4. The van der Waals surface area contributed by atoms with E-state index >= 15 is 0 Å². The minimum atomic E-state index is -0.377. The number of hydrogen-bond acceptors (Lipinski definition) is 12. The number of aromatic nitrogens is 1. The third kappa shape index (κ3) is 7.22. The number of fused-ring (bicyclic) bond motifs is 6. The van der Waals surface area contributed by atoms with Crippen molar-refractivity contribution < 1.29 is 49.1 Å². The van der Waals surface area contributed by atoms with Gasteiger partial charge in [0.25, 0.3) is 11.8 Å². The van der Waals surface area contributed by atoms with Crippen LogP contribution in [0.1, 0.15) is 59.4 Å². The number of hydroxylamine groups is 1. The van der Waals surface area contributed by atoms with Crippen LogP contribution in [0.3, 0.4) is 0 Å². The highest BCUT2D eigenvalue weighted by molar-refractivity contribution is 7.21. The van der Waals surface area contributed by atoms with E-state index in [9.17, 15) is 19.2 Å². The van der Waals surface area contributed by atoms with Gasteiger partial charge in [-0.25, -0.2) is 0 Å². The van der Waals surface area contributed by atoms with E-state index in [2.05, 4.69) is 15.2 Å². The van der Waals surface area contributed by atoms with Gasteiger partial charge in [0.1, 0.15) is 5.69 Å². The van der Waals surface area contributed by atoms with Crippen LogP contribution in [-0.2, 0) is 32.3 Å². The molecule has 0 spiro atoms. The molecule has 4 heterocycles. The Bertz CT molecular complexity index is 1910. The zero-order chi connectivity index (χ0) is 35.4. The van der Waals surface area contributed by atoms with Crippen molar-refractivity contribution in [3.05, 3.63) is 46.0 Å². The molecule has 0 aliphatic carbocycles. The van der Waals surface area contributed by atoms with Gasteiger partial charge in [-0.05, 0) is 26.0 Å². The molecule has 2 amide bonds. The second-order valence-corrected chi connectivity index (χ2v) is 12.7. The first-order valence-corrected chi connectivity index (χ1v) is 16.4. The van der Waals surface area contributed by atoms with E-state index in [4.69, 9.17) is 23.8 Å². The maximum absolute atomic E-state index is 12.7. The molecule has 14 nitrogen and oxygen atoms in total. The van der Waals surface area contributed by atoms with Crippen LogP contribution in [0.2, 0.25) is 0 Å². The van der Waals surface area contributed by atoms with Crippen LogP contribution >= 0.6 is 11.3 Å². The molecule has 0 saturated carbocycles. The summed E-state index contributed by atoms with van der Waals surface area (Å²) < 4.78 is 26.9. The third-order valence-electron chi connectivity index (χ3n) is 8.20. The van der Waals surface area contributed by atoms with Crippen molar-refractivity contribution in [3.8, 4) is 23.0 Å². The maximum Gasteiger partial charge on any atom is 0.326 e. The van der Waals surface area contributed by atoms with Crippen LogP contribution in [0.25, 0.3) is 21.0 Å². The van der Waals surface area contributed by atoms with Crippen molar-refractivity contribution in [2.45, 2.75) is 45.8 Å². The first kappa shape index (κ1) is 35.3. The van der Waals surface area contributed by atoms with Gasteiger partial charge in [-0.15, -0.1) is 11.3 Å². The fraction of sp³-hybridized carbons (Fsp3) is 0.412. The number of methoxy groups -OCH3 is 5. The number of rotatable bonds is 12. The number of aromatic amines is 1. The van der Waals surface area contributed by atoms with E-state index in [0.29, 0.717) is 59.7 Å². The first-order valence-electron chi connectivity index (χ1n) is 15.6. The lowest BCUT2D eigenvalue weighted by Gasteiger charge is -2.16. The Labute approximate surface area is 288 Å². The Morgan fingerprint density at radius 1 is 0.796 bits per heavy atom. The van der Waals surface area contributed by atoms with Gasteiger partial charge >= 0.3 is 11.9 Å². The first-order chi connectivity index (χ1) is 23.5. The number of amides is 2. The molecule has 49 heavy (non-hydrogen) atoms. The number of nitrogens with zero attached hydrogens (tertiary/aromatic N) is 2. The van der Waals surface area contributed by atoms with Crippen LogP contribution in [0.5, 0.6) is 23.0 Å². The zero-order valence-electron chi connectivity index (χ0n) is 28.5. The lowest BCUT2D eigenvalue weighted by Crippen LogP contribution is -2.30. The van der Waals surface area contributed by atoms with E-state index in [1.54, 1.807) is 38.2 Å². The summed E-state index contributed by atoms with van der Waals surface area (Å²) in [4.78, 5) is 60.2. The summed E-state index contributed by atoms with van der Waals surface area (Å²) in [6.07, 6.45) is 0.330. The lowest BCUT2D eigenvalue weighted by molar-refractivity contribution is -0.152. The minimum absolute atomic E-state index is 0. The largest absolute Gasteiger partial charge is 0.493 e. The summed E-state index contributed by atoms with van der Waals surface area (Å²) in [7, 11) is 7.66. The van der Waals surface area contributed by atoms with Crippen molar-refractivity contribution in [2.24, 2.45) is 0 Å². The van der Waals surface area contributed by atoms with Crippen molar-refractivity contribution in [1.82, 2.24) is 20.3 Å². The standard InChI is InChI=1S/C18H22N2O5S.C16H18N2O5.H2/c1-10(2)19-25-16(21)5-6-20-9-12-11-7-13(23-3)14(24-4)8-15(11)26-17(12)18(20)22;1-21-12-6-9-10-8-18(5-4-14(19)23-3)16(20)15(10)17-11(9)7-13(12)22-2;/h7-8,10,19H,5-6,9H2,1-4H3;6-7,17H,4-5,8H2,1-3H3;1H. The van der Waals surface area contributed by atoms with Crippen molar-refractivity contribution in [2.75, 3.05) is 48.6 Å². The molecule has 2 aliphatic rings. The highest BCUT2D eigenvalue weighted by atomic mass is 32.1. The second-order valence-electron chi connectivity index (χ2n) is 11.6. The monoisotopic (exact) mass is 698 g/mol. The fourth-order valence-electron chi connectivity index (χ4n) is 5.71. The van der Waals surface area contributed by atoms with E-state index < -0.39 is 0 Å². The second kappa shape index (κ2) is 15.0. The summed E-state index contributed by atoms with van der Waals surface area (Å²) in [5, 5.41) is 1.91. The number of esters is 1. The molecule has 2 aromatic heterocycles. The summed E-state index contributed by atoms with van der Waals surface area (Å²) in [6, 6.07) is 7.53. The number of ether oxygens (including phenoxy) is 5. The molecule has 2 N–H and O–H groups in total. The fourth-order valence-corrected chi connectivity index (χ4v) is 6.90. The van der Waals surface area contributed by atoms with Crippen molar-refractivity contribution >= 4 is 56.1 Å². The minimum Gasteiger partial charge on any atom is -0.493 e. The molecule has 0 unspecified atom stereocenters. The molecule has 0 saturated heterocycles. The van der Waals surface area contributed by atoms with Gasteiger partial charge in [0, 0.05) is 72.4 Å². The average Bonchev–Trinajstić information content (AvgIpc) is 3.82. The molecule has 2 aliphatic heterocycles. The number of carbonyl (C=O) groups is 4. The molecule has 0 bridgehead atoms. The normalized spacial score (nSPS) is 13.4. The van der Waals surface area contributed by atoms with Crippen LogP contribution in [0, 0.1) is 0 Å². The average molecular weight is 699 g/mol. The number of H-pyrrole nitrogens is 1. The molecule has 6 rings (SSSR count). The van der Waals surface area contributed by atoms with Crippen molar-refractivity contribution in [1.29, 1.82) is 0 Å². The smallest absolute Gasteiger partial charge is 0.326 e. The van der Waals surface area contributed by atoms with Crippen LogP contribution in [0.15, 0.2) is 24.3 Å². The lowest BCUT2D eigenvalue weighted by atomic mass is 10.1. The van der Waals surface area contributed by atoms with Gasteiger partial charge in [-0.1, -0.05) is 0 Å².